The largest absolute Gasteiger partial charge is 0.394 e. The van der Waals surface area contributed by atoms with Crippen LogP contribution >= 0.6 is 0 Å². The van der Waals surface area contributed by atoms with Gasteiger partial charge >= 0.3 is 0 Å². The van der Waals surface area contributed by atoms with Gasteiger partial charge in [0.05, 0.1) is 32.5 Å². The van der Waals surface area contributed by atoms with E-state index in [1.54, 1.807) is 0 Å². The van der Waals surface area contributed by atoms with Crippen LogP contribution in [0.4, 0.5) is 0 Å². The summed E-state index contributed by atoms with van der Waals surface area (Å²) in [5.41, 5.74) is 0. The molecule has 0 bridgehead atoms. The van der Waals surface area contributed by atoms with Gasteiger partial charge in [-0.1, -0.05) is 0 Å². The lowest BCUT2D eigenvalue weighted by Gasteiger charge is -2.48. The van der Waals surface area contributed by atoms with Crippen LogP contribution in [0.25, 0.3) is 0 Å². The van der Waals surface area contributed by atoms with E-state index in [2.05, 4.69) is 0 Å². The third-order valence-electron chi connectivity index (χ3n) is 9.47. The zero-order valence-corrected chi connectivity index (χ0v) is 27.0. The molecule has 0 amide bonds. The minimum atomic E-state index is -2.03. The lowest BCUT2D eigenvalue weighted by atomic mass is 9.96. The van der Waals surface area contributed by atoms with E-state index < -0.39 is 168 Å². The van der Waals surface area contributed by atoms with Crippen LogP contribution in [0.3, 0.4) is 0 Å². The van der Waals surface area contributed by atoms with E-state index in [0.717, 1.165) is 0 Å². The Labute approximate surface area is 289 Å². The van der Waals surface area contributed by atoms with Crippen molar-refractivity contribution in [1.82, 2.24) is 0 Å². The summed E-state index contributed by atoms with van der Waals surface area (Å²) in [5, 5.41) is 145. The molecule has 0 saturated carbocycles. The molecule has 23 heteroatoms. The van der Waals surface area contributed by atoms with Gasteiger partial charge < -0.3 is 114 Å². The minimum absolute atomic E-state index is 0.463. The number of aliphatic hydroxyl groups excluding tert-OH is 14. The molecular weight excluding hydrogens is 704 g/mol. The fourth-order valence-electron chi connectivity index (χ4n) is 6.28. The zero-order chi connectivity index (χ0) is 37.5. The second-order valence-corrected chi connectivity index (χ2v) is 13.1. The maximum absolute atomic E-state index is 11.3. The van der Waals surface area contributed by atoms with Crippen molar-refractivity contribution in [3.63, 3.8) is 0 Å². The zero-order valence-electron chi connectivity index (χ0n) is 27.0. The molecule has 23 atom stereocenters. The maximum Gasteiger partial charge on any atom is 0.187 e. The van der Waals surface area contributed by atoms with Crippen molar-refractivity contribution in [2.45, 2.75) is 148 Å². The van der Waals surface area contributed by atoms with Crippen molar-refractivity contribution >= 4 is 0 Å². The molecule has 23 nitrogen and oxygen atoms in total. The maximum atomic E-state index is 11.3. The molecule has 51 heavy (non-hydrogen) atoms. The Hall–Kier alpha value is -0.920. The average Bonchev–Trinajstić information content (AvgIpc) is 3.10. The summed E-state index contributed by atoms with van der Waals surface area (Å²) >= 11 is 0. The van der Waals surface area contributed by atoms with E-state index in [0.29, 0.717) is 0 Å². The normalized spacial score (nSPS) is 54.3. The molecule has 0 aliphatic carbocycles. The molecule has 0 aromatic carbocycles. The van der Waals surface area contributed by atoms with Crippen LogP contribution in [0.2, 0.25) is 0 Å². The molecule has 5 saturated heterocycles. The first-order valence-corrected chi connectivity index (χ1v) is 16.3. The molecule has 5 aliphatic heterocycles. The van der Waals surface area contributed by atoms with Gasteiger partial charge in [0.25, 0.3) is 0 Å². The Morgan fingerprint density at radius 2 is 1.02 bits per heavy atom. The highest BCUT2D eigenvalue weighted by molar-refractivity contribution is 4.96. The van der Waals surface area contributed by atoms with E-state index >= 15 is 0 Å². The minimum Gasteiger partial charge on any atom is -0.394 e. The Morgan fingerprint density at radius 3 is 1.69 bits per heavy atom. The highest BCUT2D eigenvalue weighted by Crippen LogP contribution is 2.33. The monoisotopic (exact) mass is 752 g/mol. The highest BCUT2D eigenvalue weighted by atomic mass is 16.8. The van der Waals surface area contributed by atoms with E-state index in [4.69, 9.17) is 42.6 Å². The molecule has 0 spiro atoms. The first kappa shape index (κ1) is 41.2. The lowest BCUT2D eigenvalue weighted by Crippen LogP contribution is -2.66. The molecule has 298 valence electrons. The van der Waals surface area contributed by atoms with Gasteiger partial charge in [0, 0.05) is 0 Å². The topological polar surface area (TPSA) is 366 Å². The standard InChI is InChI=1S/C28H48O23/c1-6-11(32)15(36)19(40)25(46-6)45-5-10-14(35)17(38)23(28(48-10)50-22-16(37)13(34)9(2-29)47-24(22)42)51-27-20(41)21(8(31)4-44-27)49-26-18(39)12(33)7(30)3-43-26/h6-42H,2-5H2,1H3/t6-,7+,8+,9+,10+,11-,12-,13+,14+,15+,16-,17-,18+,19+,20+,21-,22+,23+,24+,25+,26-,27-,28-/m0/s1. The molecule has 5 aliphatic rings. The van der Waals surface area contributed by atoms with Crippen LogP contribution in [-0.4, -0.2) is 239 Å². The number of hydrogen-bond donors (Lipinski definition) is 14. The third-order valence-corrected chi connectivity index (χ3v) is 9.47. The summed E-state index contributed by atoms with van der Waals surface area (Å²) in [6.07, 6.45) is -39.4. The molecular formula is C28H48O23. The van der Waals surface area contributed by atoms with Gasteiger partial charge in [0.1, 0.15) is 104 Å². The molecule has 5 fully saturated rings. The first-order valence-electron chi connectivity index (χ1n) is 16.3. The summed E-state index contributed by atoms with van der Waals surface area (Å²) < 4.78 is 49.3. The van der Waals surface area contributed by atoms with Crippen molar-refractivity contribution in [2.24, 2.45) is 0 Å². The Balaban J connectivity index is 1.33. The van der Waals surface area contributed by atoms with Gasteiger partial charge in [0.2, 0.25) is 0 Å². The Morgan fingerprint density at radius 1 is 0.471 bits per heavy atom. The molecule has 14 N–H and O–H groups in total. The van der Waals surface area contributed by atoms with Gasteiger partial charge in [-0.3, -0.25) is 0 Å². The summed E-state index contributed by atoms with van der Waals surface area (Å²) in [5.74, 6) is 0. The molecule has 5 heterocycles. The lowest BCUT2D eigenvalue weighted by molar-refractivity contribution is -0.393. The summed E-state index contributed by atoms with van der Waals surface area (Å²) in [6.45, 7) is -1.13. The third kappa shape index (κ3) is 8.66. The van der Waals surface area contributed by atoms with Gasteiger partial charge in [-0.25, -0.2) is 0 Å². The van der Waals surface area contributed by atoms with Gasteiger partial charge in [-0.2, -0.15) is 0 Å². The quantitative estimate of drug-likeness (QED) is 0.0985. The van der Waals surface area contributed by atoms with Crippen LogP contribution in [0.5, 0.6) is 0 Å². The fourth-order valence-corrected chi connectivity index (χ4v) is 6.28. The summed E-state index contributed by atoms with van der Waals surface area (Å²) in [6, 6.07) is 0. The fraction of sp³-hybridized carbons (Fsp3) is 1.00. The van der Waals surface area contributed by atoms with E-state index in [1.807, 2.05) is 0 Å². The van der Waals surface area contributed by atoms with Crippen molar-refractivity contribution in [3.8, 4) is 0 Å². The predicted molar refractivity (Wildman–Crippen MR) is 153 cm³/mol. The van der Waals surface area contributed by atoms with Crippen molar-refractivity contribution in [2.75, 3.05) is 26.4 Å². The number of aliphatic hydroxyl groups is 14. The number of rotatable bonds is 10. The SMILES string of the molecule is C[C@@H]1O[C@@H](OC[C@H]2O[C@@H](O[C@@H]3[C@@H](O)[C@H](O)[C@@H](CO)O[C@H]3O)[C@H](O[C@@H]3OC[C@@H](O)[C@H](O[C@@H]4OC[C@@H](O)[C@H](O)[C@H]4O)[C@H]3O)[C@@H](O)[C@@H]2O)[C@H](O)[C@H](O)[C@H]1O. The average molecular weight is 753 g/mol. The Kier molecular flexibility index (Phi) is 14.0. The van der Waals surface area contributed by atoms with Crippen LogP contribution in [-0.2, 0) is 42.6 Å². The molecule has 0 radical (unpaired) electrons. The van der Waals surface area contributed by atoms with Gasteiger partial charge in [-0.05, 0) is 6.92 Å². The van der Waals surface area contributed by atoms with Gasteiger partial charge in [0.15, 0.2) is 31.5 Å². The van der Waals surface area contributed by atoms with E-state index in [-0.39, 0.29) is 0 Å². The smallest absolute Gasteiger partial charge is 0.187 e. The summed E-state index contributed by atoms with van der Waals surface area (Å²) in [4.78, 5) is 0. The second kappa shape index (κ2) is 17.3. The van der Waals surface area contributed by atoms with Crippen LogP contribution < -0.4 is 0 Å². The van der Waals surface area contributed by atoms with Crippen molar-refractivity contribution in [1.29, 1.82) is 0 Å². The van der Waals surface area contributed by atoms with Crippen molar-refractivity contribution < 1.29 is 114 Å². The van der Waals surface area contributed by atoms with Crippen LogP contribution in [0.1, 0.15) is 6.92 Å². The van der Waals surface area contributed by atoms with E-state index in [9.17, 15) is 71.5 Å². The first-order chi connectivity index (χ1) is 24.0. The van der Waals surface area contributed by atoms with Crippen LogP contribution in [0.15, 0.2) is 0 Å². The van der Waals surface area contributed by atoms with Gasteiger partial charge in [-0.15, -0.1) is 0 Å². The predicted octanol–water partition coefficient (Wildman–Crippen LogP) is -9.62. The highest BCUT2D eigenvalue weighted by Gasteiger charge is 2.54. The summed E-state index contributed by atoms with van der Waals surface area (Å²) in [7, 11) is 0. The Bertz CT molecular complexity index is 1090. The number of hydrogen-bond acceptors (Lipinski definition) is 23. The van der Waals surface area contributed by atoms with Crippen molar-refractivity contribution in [3.05, 3.63) is 0 Å². The van der Waals surface area contributed by atoms with Crippen LogP contribution in [0, 0.1) is 0 Å². The molecule has 5 rings (SSSR count). The second-order valence-electron chi connectivity index (χ2n) is 13.1. The molecule has 0 aromatic heterocycles. The number of ether oxygens (including phenoxy) is 9. The molecule has 0 unspecified atom stereocenters. The molecule has 0 aromatic rings. The van der Waals surface area contributed by atoms with E-state index in [1.165, 1.54) is 6.92 Å².